The Morgan fingerprint density at radius 2 is 1.88 bits per heavy atom. The number of anilines is 3. The number of aryl methyl sites for hydroxylation is 1. The zero-order valence-corrected chi connectivity index (χ0v) is 15.2. The number of aromatic nitrogens is 1. The number of nitrogens with one attached hydrogen (secondary N) is 2. The molecule has 0 fully saturated rings. The molecule has 0 radical (unpaired) electrons. The molecule has 2 aromatic carbocycles. The molecule has 0 aliphatic rings. The first-order chi connectivity index (χ1) is 12.5. The number of methoxy groups -OCH3 is 1. The quantitative estimate of drug-likeness (QED) is 0.662. The van der Waals surface area contributed by atoms with Crippen LogP contribution >= 0.6 is 11.6 Å². The van der Waals surface area contributed by atoms with Gasteiger partial charge in [-0.05, 0) is 55.0 Å². The highest BCUT2D eigenvalue weighted by molar-refractivity contribution is 6.31. The number of carbonyl (C=O) groups is 1. The number of benzene rings is 2. The van der Waals surface area contributed by atoms with Gasteiger partial charge in [-0.2, -0.15) is 0 Å². The highest BCUT2D eigenvalue weighted by Gasteiger charge is 2.08. The normalized spacial score (nSPS) is 10.3. The second-order valence-electron chi connectivity index (χ2n) is 5.71. The van der Waals surface area contributed by atoms with Crippen molar-refractivity contribution < 1.29 is 9.53 Å². The van der Waals surface area contributed by atoms with Crippen molar-refractivity contribution in [2.24, 2.45) is 0 Å². The molecule has 0 aliphatic carbocycles. The molecule has 0 unspecified atom stereocenters. The van der Waals surface area contributed by atoms with Crippen LogP contribution in [0.3, 0.4) is 0 Å². The molecule has 0 bridgehead atoms. The summed E-state index contributed by atoms with van der Waals surface area (Å²) in [5.74, 6) is 1.06. The largest absolute Gasteiger partial charge is 0.497 e. The van der Waals surface area contributed by atoms with Crippen LogP contribution in [0.1, 0.15) is 15.9 Å². The number of amides is 1. The monoisotopic (exact) mass is 367 g/mol. The van der Waals surface area contributed by atoms with Gasteiger partial charge in [-0.15, -0.1) is 0 Å². The summed E-state index contributed by atoms with van der Waals surface area (Å²) in [6.07, 6.45) is 1.59. The van der Waals surface area contributed by atoms with Crippen molar-refractivity contribution in [1.82, 2.24) is 4.98 Å². The molecule has 0 spiro atoms. The van der Waals surface area contributed by atoms with Gasteiger partial charge in [0, 0.05) is 16.3 Å². The minimum absolute atomic E-state index is 0.225. The van der Waals surface area contributed by atoms with E-state index in [2.05, 4.69) is 15.6 Å². The van der Waals surface area contributed by atoms with Crippen molar-refractivity contribution in [3.63, 3.8) is 0 Å². The Bertz CT molecular complexity index is 927. The van der Waals surface area contributed by atoms with E-state index in [1.165, 1.54) is 0 Å². The number of rotatable bonds is 5. The van der Waals surface area contributed by atoms with E-state index in [1.54, 1.807) is 49.7 Å². The summed E-state index contributed by atoms with van der Waals surface area (Å²) in [6, 6.07) is 16.2. The average molecular weight is 368 g/mol. The van der Waals surface area contributed by atoms with E-state index in [9.17, 15) is 4.79 Å². The molecule has 1 aromatic heterocycles. The molecule has 1 amide bonds. The first-order valence-corrected chi connectivity index (χ1v) is 8.37. The number of halogens is 1. The summed E-state index contributed by atoms with van der Waals surface area (Å²) in [5.41, 5.74) is 2.98. The molecule has 0 atom stereocenters. The maximum Gasteiger partial charge on any atom is 0.255 e. The highest BCUT2D eigenvalue weighted by atomic mass is 35.5. The van der Waals surface area contributed by atoms with Gasteiger partial charge in [0.25, 0.3) is 5.91 Å². The van der Waals surface area contributed by atoms with Crippen LogP contribution in [0.2, 0.25) is 5.02 Å². The van der Waals surface area contributed by atoms with E-state index in [-0.39, 0.29) is 5.91 Å². The van der Waals surface area contributed by atoms with Crippen molar-refractivity contribution in [3.05, 3.63) is 76.9 Å². The number of pyridine rings is 1. The summed E-state index contributed by atoms with van der Waals surface area (Å²) < 4.78 is 5.13. The molecular weight excluding hydrogens is 350 g/mol. The molecule has 2 N–H and O–H groups in total. The third-order valence-corrected chi connectivity index (χ3v) is 4.20. The van der Waals surface area contributed by atoms with Crippen LogP contribution < -0.4 is 15.4 Å². The topological polar surface area (TPSA) is 63.2 Å². The Morgan fingerprint density at radius 1 is 1.08 bits per heavy atom. The molecule has 3 aromatic rings. The van der Waals surface area contributed by atoms with Crippen LogP contribution in [0.4, 0.5) is 17.2 Å². The molecule has 3 rings (SSSR count). The summed E-state index contributed by atoms with van der Waals surface area (Å²) in [6.45, 7) is 1.95. The Labute approximate surface area is 157 Å². The van der Waals surface area contributed by atoms with Gasteiger partial charge in [-0.3, -0.25) is 4.79 Å². The third kappa shape index (κ3) is 4.32. The lowest BCUT2D eigenvalue weighted by atomic mass is 10.2. The lowest BCUT2D eigenvalue weighted by Gasteiger charge is -2.09. The minimum atomic E-state index is -0.225. The van der Waals surface area contributed by atoms with Crippen LogP contribution in [0.5, 0.6) is 5.75 Å². The number of hydrogen-bond donors (Lipinski definition) is 2. The smallest absolute Gasteiger partial charge is 0.255 e. The lowest BCUT2D eigenvalue weighted by Crippen LogP contribution is -2.12. The molecule has 0 saturated heterocycles. The molecule has 6 heteroatoms. The zero-order chi connectivity index (χ0) is 18.5. The number of hydrogen-bond acceptors (Lipinski definition) is 4. The van der Waals surface area contributed by atoms with Gasteiger partial charge in [0.15, 0.2) is 0 Å². The molecule has 0 saturated carbocycles. The zero-order valence-electron chi connectivity index (χ0n) is 14.4. The van der Waals surface area contributed by atoms with Crippen LogP contribution in [0.25, 0.3) is 0 Å². The van der Waals surface area contributed by atoms with E-state index in [4.69, 9.17) is 16.3 Å². The van der Waals surface area contributed by atoms with Crippen LogP contribution in [0.15, 0.2) is 60.8 Å². The summed E-state index contributed by atoms with van der Waals surface area (Å²) in [5, 5.41) is 6.68. The fraction of sp³-hybridized carbons (Fsp3) is 0.100. The van der Waals surface area contributed by atoms with Crippen molar-refractivity contribution in [2.75, 3.05) is 17.7 Å². The van der Waals surface area contributed by atoms with Gasteiger partial charge in [-0.25, -0.2) is 4.98 Å². The number of nitrogens with zero attached hydrogens (tertiary/aromatic N) is 1. The van der Waals surface area contributed by atoms with Gasteiger partial charge in [-0.1, -0.05) is 23.7 Å². The minimum Gasteiger partial charge on any atom is -0.497 e. The molecule has 5 nitrogen and oxygen atoms in total. The maximum absolute atomic E-state index is 12.3. The van der Waals surface area contributed by atoms with E-state index in [0.29, 0.717) is 27.8 Å². The SMILES string of the molecule is COc1cccc(C(=O)Nc2ccc(Nc3ccc(C)c(Cl)c3)nc2)c1. The Morgan fingerprint density at radius 3 is 2.58 bits per heavy atom. The van der Waals surface area contributed by atoms with Gasteiger partial charge in [0.05, 0.1) is 19.0 Å². The van der Waals surface area contributed by atoms with Gasteiger partial charge in [0.2, 0.25) is 0 Å². The summed E-state index contributed by atoms with van der Waals surface area (Å²) >= 11 is 6.13. The van der Waals surface area contributed by atoms with E-state index >= 15 is 0 Å². The summed E-state index contributed by atoms with van der Waals surface area (Å²) in [7, 11) is 1.56. The van der Waals surface area contributed by atoms with Gasteiger partial charge < -0.3 is 15.4 Å². The lowest BCUT2D eigenvalue weighted by molar-refractivity contribution is 0.102. The Balaban J connectivity index is 1.67. The van der Waals surface area contributed by atoms with Crippen LogP contribution in [-0.4, -0.2) is 18.0 Å². The molecule has 1 heterocycles. The first-order valence-electron chi connectivity index (χ1n) is 8.00. The van der Waals surface area contributed by atoms with Crippen molar-refractivity contribution in [1.29, 1.82) is 0 Å². The van der Waals surface area contributed by atoms with Crippen LogP contribution in [0, 0.1) is 6.92 Å². The number of carbonyl (C=O) groups excluding carboxylic acids is 1. The first kappa shape index (κ1) is 17.8. The third-order valence-electron chi connectivity index (χ3n) is 3.80. The van der Waals surface area contributed by atoms with Gasteiger partial charge >= 0.3 is 0 Å². The van der Waals surface area contributed by atoms with Crippen LogP contribution in [-0.2, 0) is 0 Å². The standard InChI is InChI=1S/C20H18ClN3O2/c1-13-6-7-15(11-18(13)21)23-19-9-8-16(12-22-19)24-20(25)14-4-3-5-17(10-14)26-2/h3-12H,1-2H3,(H,22,23)(H,24,25). The Kier molecular flexibility index (Phi) is 5.39. The van der Waals surface area contributed by atoms with E-state index in [1.807, 2.05) is 25.1 Å². The van der Waals surface area contributed by atoms with Crippen molar-refractivity contribution >= 4 is 34.7 Å². The Hall–Kier alpha value is -3.05. The van der Waals surface area contributed by atoms with E-state index in [0.717, 1.165) is 11.3 Å². The van der Waals surface area contributed by atoms with E-state index < -0.39 is 0 Å². The molecular formula is C20H18ClN3O2. The fourth-order valence-electron chi connectivity index (χ4n) is 2.33. The fourth-order valence-corrected chi connectivity index (χ4v) is 2.51. The summed E-state index contributed by atoms with van der Waals surface area (Å²) in [4.78, 5) is 16.6. The highest BCUT2D eigenvalue weighted by Crippen LogP contribution is 2.23. The van der Waals surface area contributed by atoms with Crippen molar-refractivity contribution in [2.45, 2.75) is 6.92 Å². The second kappa shape index (κ2) is 7.89. The van der Waals surface area contributed by atoms with Crippen molar-refractivity contribution in [3.8, 4) is 5.75 Å². The van der Waals surface area contributed by atoms with Gasteiger partial charge in [0.1, 0.15) is 11.6 Å². The predicted octanol–water partition coefficient (Wildman–Crippen LogP) is 5.05. The second-order valence-corrected chi connectivity index (χ2v) is 6.11. The molecule has 26 heavy (non-hydrogen) atoms. The average Bonchev–Trinajstić information content (AvgIpc) is 2.66. The molecule has 132 valence electrons. The predicted molar refractivity (Wildman–Crippen MR) is 105 cm³/mol. The maximum atomic E-state index is 12.3. The number of ether oxygens (including phenoxy) is 1. The molecule has 0 aliphatic heterocycles.